The maximum Gasteiger partial charge on any atom is 0.272 e. The number of halogens is 2. The van der Waals surface area contributed by atoms with Crippen molar-refractivity contribution in [3.05, 3.63) is 39.7 Å². The lowest BCUT2D eigenvalue weighted by molar-refractivity contribution is -0.385. The molecule has 1 fully saturated rings. The average molecular weight is 290 g/mol. The Morgan fingerprint density at radius 2 is 2.32 bits per heavy atom. The molecule has 0 saturated carbocycles. The predicted molar refractivity (Wildman–Crippen MR) is 73.0 cm³/mol. The molecule has 7 heteroatoms. The van der Waals surface area contributed by atoms with E-state index in [4.69, 9.17) is 0 Å². The monoisotopic (exact) mass is 289 g/mol. The van der Waals surface area contributed by atoms with Crippen molar-refractivity contribution in [1.29, 1.82) is 0 Å². The van der Waals surface area contributed by atoms with E-state index in [-0.39, 0.29) is 18.1 Å². The summed E-state index contributed by atoms with van der Waals surface area (Å²) in [7, 11) is 1.92. The number of nitro groups is 1. The van der Waals surface area contributed by atoms with Gasteiger partial charge in [-0.3, -0.25) is 15.0 Å². The van der Waals surface area contributed by atoms with E-state index in [9.17, 15) is 14.5 Å². The van der Waals surface area contributed by atoms with Crippen molar-refractivity contribution in [1.82, 2.24) is 10.2 Å². The second-order valence-electron chi connectivity index (χ2n) is 4.54. The van der Waals surface area contributed by atoms with Crippen LogP contribution in [0.15, 0.2) is 18.2 Å². The van der Waals surface area contributed by atoms with Gasteiger partial charge in [0.2, 0.25) is 0 Å². The highest BCUT2D eigenvalue weighted by molar-refractivity contribution is 5.85. The van der Waals surface area contributed by atoms with Gasteiger partial charge in [-0.05, 0) is 19.5 Å². The van der Waals surface area contributed by atoms with Gasteiger partial charge in [0, 0.05) is 37.3 Å². The van der Waals surface area contributed by atoms with Crippen LogP contribution in [0.1, 0.15) is 12.0 Å². The Balaban J connectivity index is 0.00000180. The van der Waals surface area contributed by atoms with Crippen LogP contribution in [-0.2, 0) is 6.54 Å². The van der Waals surface area contributed by atoms with Crippen LogP contribution in [0.4, 0.5) is 10.1 Å². The molecule has 1 heterocycles. The highest BCUT2D eigenvalue weighted by atomic mass is 35.5. The molecule has 19 heavy (non-hydrogen) atoms. The van der Waals surface area contributed by atoms with Gasteiger partial charge < -0.3 is 5.32 Å². The van der Waals surface area contributed by atoms with E-state index in [1.807, 2.05) is 7.05 Å². The van der Waals surface area contributed by atoms with Gasteiger partial charge >= 0.3 is 0 Å². The molecule has 1 N–H and O–H groups in total. The molecule has 1 aromatic carbocycles. The highest BCUT2D eigenvalue weighted by Crippen LogP contribution is 2.19. The summed E-state index contributed by atoms with van der Waals surface area (Å²) in [6.45, 7) is 2.30. The van der Waals surface area contributed by atoms with E-state index in [0.717, 1.165) is 25.6 Å². The van der Waals surface area contributed by atoms with Crippen LogP contribution in [0, 0.1) is 15.9 Å². The van der Waals surface area contributed by atoms with Gasteiger partial charge in [-0.15, -0.1) is 12.4 Å². The minimum absolute atomic E-state index is 0. The van der Waals surface area contributed by atoms with Crippen molar-refractivity contribution < 1.29 is 9.31 Å². The summed E-state index contributed by atoms with van der Waals surface area (Å²) in [4.78, 5) is 12.1. The van der Waals surface area contributed by atoms with Gasteiger partial charge in [-0.2, -0.15) is 0 Å². The SMILES string of the molecule is CNC1CCN(Cc2ccc([N+](=O)[O-])cc2F)C1.Cl. The zero-order valence-electron chi connectivity index (χ0n) is 10.6. The van der Waals surface area contributed by atoms with Gasteiger partial charge in [-0.1, -0.05) is 0 Å². The fourth-order valence-corrected chi connectivity index (χ4v) is 2.23. The summed E-state index contributed by atoms with van der Waals surface area (Å²) in [6, 6.07) is 4.29. The molecular formula is C12H17ClFN3O2. The third-order valence-electron chi connectivity index (χ3n) is 3.32. The van der Waals surface area contributed by atoms with Crippen molar-refractivity contribution in [2.75, 3.05) is 20.1 Å². The first-order valence-corrected chi connectivity index (χ1v) is 5.92. The summed E-state index contributed by atoms with van der Waals surface area (Å²) >= 11 is 0. The molecule has 1 unspecified atom stereocenters. The molecule has 1 aliphatic heterocycles. The second kappa shape index (κ2) is 6.79. The summed E-state index contributed by atoms with van der Waals surface area (Å²) in [5, 5.41) is 13.7. The Kier molecular flexibility index (Phi) is 5.65. The number of non-ortho nitro benzene ring substituents is 1. The first-order chi connectivity index (χ1) is 8.60. The number of hydrogen-bond donors (Lipinski definition) is 1. The van der Waals surface area contributed by atoms with Crippen LogP contribution in [0.25, 0.3) is 0 Å². The largest absolute Gasteiger partial charge is 0.316 e. The zero-order chi connectivity index (χ0) is 13.1. The molecule has 1 saturated heterocycles. The molecule has 5 nitrogen and oxygen atoms in total. The number of rotatable bonds is 4. The number of likely N-dealkylation sites (N-methyl/N-ethyl adjacent to an activating group) is 1. The van der Waals surface area contributed by atoms with Gasteiger partial charge in [0.1, 0.15) is 5.82 Å². The van der Waals surface area contributed by atoms with E-state index in [2.05, 4.69) is 10.2 Å². The van der Waals surface area contributed by atoms with Gasteiger partial charge in [0.05, 0.1) is 11.0 Å². The quantitative estimate of drug-likeness (QED) is 0.680. The molecular weight excluding hydrogens is 273 g/mol. The standard InChI is InChI=1S/C12H16FN3O2.ClH/c1-14-10-4-5-15(8-10)7-9-2-3-11(16(17)18)6-12(9)13;/h2-3,6,10,14H,4-5,7-8H2,1H3;1H. The second-order valence-corrected chi connectivity index (χ2v) is 4.54. The number of nitrogens with one attached hydrogen (secondary N) is 1. The van der Waals surface area contributed by atoms with Gasteiger partial charge in [0.15, 0.2) is 0 Å². The number of benzene rings is 1. The van der Waals surface area contributed by atoms with Crippen molar-refractivity contribution in [3.8, 4) is 0 Å². The van der Waals surface area contributed by atoms with Crippen molar-refractivity contribution in [2.24, 2.45) is 0 Å². The smallest absolute Gasteiger partial charge is 0.272 e. The molecule has 0 aliphatic carbocycles. The Bertz CT molecular complexity index is 459. The molecule has 0 radical (unpaired) electrons. The number of likely N-dealkylation sites (tertiary alicyclic amines) is 1. The molecule has 0 aromatic heterocycles. The van der Waals surface area contributed by atoms with E-state index >= 15 is 0 Å². The van der Waals surface area contributed by atoms with Crippen LogP contribution in [0.3, 0.4) is 0 Å². The Morgan fingerprint density at radius 1 is 1.58 bits per heavy atom. The van der Waals surface area contributed by atoms with Crippen LogP contribution < -0.4 is 5.32 Å². The van der Waals surface area contributed by atoms with Crippen LogP contribution in [0.2, 0.25) is 0 Å². The van der Waals surface area contributed by atoms with E-state index in [0.29, 0.717) is 18.2 Å². The summed E-state index contributed by atoms with van der Waals surface area (Å²) < 4.78 is 13.7. The third kappa shape index (κ3) is 3.86. The first-order valence-electron chi connectivity index (χ1n) is 5.92. The molecule has 1 aliphatic rings. The third-order valence-corrected chi connectivity index (χ3v) is 3.32. The molecule has 106 valence electrons. The van der Waals surface area contributed by atoms with E-state index in [1.165, 1.54) is 12.1 Å². The molecule has 1 atom stereocenters. The molecule has 0 amide bonds. The minimum atomic E-state index is -0.584. The lowest BCUT2D eigenvalue weighted by Gasteiger charge is -2.16. The lowest BCUT2D eigenvalue weighted by atomic mass is 10.2. The van der Waals surface area contributed by atoms with Gasteiger partial charge in [-0.25, -0.2) is 4.39 Å². The van der Waals surface area contributed by atoms with Crippen LogP contribution >= 0.6 is 12.4 Å². The van der Waals surface area contributed by atoms with Crippen molar-refractivity contribution >= 4 is 18.1 Å². The minimum Gasteiger partial charge on any atom is -0.316 e. The fraction of sp³-hybridized carbons (Fsp3) is 0.500. The Labute approximate surface area is 117 Å². The molecule has 1 aromatic rings. The summed E-state index contributed by atoms with van der Waals surface area (Å²) in [5.74, 6) is -0.503. The summed E-state index contributed by atoms with van der Waals surface area (Å²) in [6.07, 6.45) is 1.05. The number of nitro benzene ring substituents is 1. The van der Waals surface area contributed by atoms with Crippen molar-refractivity contribution in [3.63, 3.8) is 0 Å². The predicted octanol–water partition coefficient (Wildman–Crippen LogP) is 1.95. The molecule has 0 spiro atoms. The van der Waals surface area contributed by atoms with Gasteiger partial charge in [0.25, 0.3) is 5.69 Å². The zero-order valence-corrected chi connectivity index (χ0v) is 11.5. The lowest BCUT2D eigenvalue weighted by Crippen LogP contribution is -2.29. The highest BCUT2D eigenvalue weighted by Gasteiger charge is 2.22. The number of nitrogens with zero attached hydrogens (tertiary/aromatic N) is 2. The topological polar surface area (TPSA) is 58.4 Å². The maximum absolute atomic E-state index is 13.7. The normalized spacial score (nSPS) is 19.2. The Morgan fingerprint density at radius 3 is 2.84 bits per heavy atom. The summed E-state index contributed by atoms with van der Waals surface area (Å²) in [5.41, 5.74) is 0.308. The fourth-order valence-electron chi connectivity index (χ4n) is 2.23. The van der Waals surface area contributed by atoms with Crippen LogP contribution in [-0.4, -0.2) is 36.0 Å². The van der Waals surface area contributed by atoms with E-state index < -0.39 is 10.7 Å². The van der Waals surface area contributed by atoms with Crippen LogP contribution in [0.5, 0.6) is 0 Å². The van der Waals surface area contributed by atoms with E-state index in [1.54, 1.807) is 0 Å². The molecule has 0 bridgehead atoms. The number of hydrogen-bond acceptors (Lipinski definition) is 4. The maximum atomic E-state index is 13.7. The Hall–Kier alpha value is -1.24. The van der Waals surface area contributed by atoms with Crippen molar-refractivity contribution in [2.45, 2.75) is 19.0 Å². The molecule has 2 rings (SSSR count). The first kappa shape index (κ1) is 15.8. The average Bonchev–Trinajstić information content (AvgIpc) is 2.79.